The quantitative estimate of drug-likeness (QED) is 0.0251. The molecule has 32 N–H and O–H groups in total. The number of aliphatic hydroxyl groups excluding tert-OH is 3. The molecule has 0 bridgehead atoms. The van der Waals surface area contributed by atoms with E-state index in [1.807, 2.05) is 0 Å². The summed E-state index contributed by atoms with van der Waals surface area (Å²) in [7, 11) is 0. The van der Waals surface area contributed by atoms with Crippen molar-refractivity contribution in [1.29, 1.82) is 0 Å². The summed E-state index contributed by atoms with van der Waals surface area (Å²) in [5.74, 6) is -23.0. The van der Waals surface area contributed by atoms with Crippen LogP contribution in [0.15, 0.2) is 0 Å². The number of primary amides is 3. The fourth-order valence-corrected chi connectivity index (χ4v) is 9.92. The fourth-order valence-electron chi connectivity index (χ4n) is 9.92. The van der Waals surface area contributed by atoms with Crippen molar-refractivity contribution in [2.75, 3.05) is 46.0 Å². The first-order chi connectivity index (χ1) is 49.8. The predicted molar refractivity (Wildman–Crippen MR) is 374 cm³/mol. The Morgan fingerprint density at radius 3 is 1.09 bits per heavy atom. The van der Waals surface area contributed by atoms with Gasteiger partial charge in [-0.3, -0.25) is 81.5 Å². The van der Waals surface area contributed by atoms with Crippen molar-refractivity contribution < 1.29 is 112 Å². The SMILES string of the molecule is CCC(C)C(NC(=O)C(N)CO)C(=O)NC(CC(=O)O)C(=O)NCC(=O)NC(CC(N)=O)C(=O)NC(CC(N)=O)C(=O)NC(CCC(N)=O)C(=O)NC(CC(C)C)C(=O)NC(CCCN)C(=O)NC(CCCCN)C(=O)NC(CO)C(=O)NC(C(=O)NC(CO)C(=O)NC(CCCCN)C(=O)O)C(C)CC. The Morgan fingerprint density at radius 2 is 0.689 bits per heavy atom. The van der Waals surface area contributed by atoms with Crippen LogP contribution in [0.4, 0.5) is 0 Å². The zero-order valence-corrected chi connectivity index (χ0v) is 60.6. The topological polar surface area (TPSA) is 747 Å². The van der Waals surface area contributed by atoms with Crippen LogP contribution in [0.5, 0.6) is 0 Å². The number of carbonyl (C=O) groups excluding carboxylic acids is 16. The van der Waals surface area contributed by atoms with Gasteiger partial charge in [0.2, 0.25) is 94.5 Å². The van der Waals surface area contributed by atoms with Gasteiger partial charge >= 0.3 is 11.9 Å². The lowest BCUT2D eigenvalue weighted by Gasteiger charge is -2.29. The third kappa shape index (κ3) is 37.2. The molecule has 15 atom stereocenters. The molecule has 0 aromatic heterocycles. The Morgan fingerprint density at radius 1 is 0.349 bits per heavy atom. The first-order valence-electron chi connectivity index (χ1n) is 34.7. The van der Waals surface area contributed by atoms with Crippen molar-refractivity contribution in [3.63, 3.8) is 0 Å². The summed E-state index contributed by atoms with van der Waals surface area (Å²) < 4.78 is 0. The average molecular weight is 1520 g/mol. The molecule has 43 heteroatoms. The first kappa shape index (κ1) is 96.2. The van der Waals surface area contributed by atoms with Crippen molar-refractivity contribution in [3.05, 3.63) is 0 Å². The molecule has 0 aliphatic rings. The van der Waals surface area contributed by atoms with E-state index < -0.39 is 261 Å². The number of amides is 16. The van der Waals surface area contributed by atoms with Crippen LogP contribution < -0.4 is 109 Å². The average Bonchev–Trinajstić information content (AvgIpc) is 0.865. The summed E-state index contributed by atoms with van der Waals surface area (Å²) >= 11 is 0. The normalized spacial score (nSPS) is 15.3. The van der Waals surface area contributed by atoms with Gasteiger partial charge < -0.3 is 135 Å². The molecule has 0 saturated carbocycles. The molecule has 15 unspecified atom stereocenters. The summed E-state index contributed by atoms with van der Waals surface area (Å²) in [5.41, 5.74) is 38.8. The third-order valence-electron chi connectivity index (χ3n) is 16.4. The summed E-state index contributed by atoms with van der Waals surface area (Å²) in [6.07, 6.45) is -3.07. The van der Waals surface area contributed by atoms with Gasteiger partial charge in [0.1, 0.15) is 78.5 Å². The van der Waals surface area contributed by atoms with E-state index in [9.17, 15) is 112 Å². The van der Waals surface area contributed by atoms with Crippen LogP contribution in [0.3, 0.4) is 0 Å². The second kappa shape index (κ2) is 51.4. The van der Waals surface area contributed by atoms with E-state index in [0.717, 1.165) is 0 Å². The van der Waals surface area contributed by atoms with E-state index in [0.29, 0.717) is 19.3 Å². The highest BCUT2D eigenvalue weighted by atomic mass is 16.4. The highest BCUT2D eigenvalue weighted by molar-refractivity contribution is 6.01. The lowest BCUT2D eigenvalue weighted by Crippen LogP contribution is -2.62. The van der Waals surface area contributed by atoms with Crippen LogP contribution in [0.1, 0.15) is 144 Å². The van der Waals surface area contributed by atoms with Crippen molar-refractivity contribution >= 4 is 106 Å². The van der Waals surface area contributed by atoms with E-state index in [1.54, 1.807) is 34.6 Å². The van der Waals surface area contributed by atoms with Gasteiger partial charge in [0.15, 0.2) is 0 Å². The van der Waals surface area contributed by atoms with Crippen LogP contribution in [-0.4, -0.2) is 257 Å². The lowest BCUT2D eigenvalue weighted by molar-refractivity contribution is -0.143. The molecule has 0 aliphatic carbocycles. The molecule has 0 rings (SSSR count). The highest BCUT2D eigenvalue weighted by Gasteiger charge is 2.39. The number of carboxylic acid groups (broad SMARTS) is 2. The van der Waals surface area contributed by atoms with E-state index in [1.165, 1.54) is 6.92 Å². The highest BCUT2D eigenvalue weighted by Crippen LogP contribution is 2.14. The molecule has 0 fully saturated rings. The molecule has 0 aromatic rings. The number of carboxylic acids is 2. The predicted octanol–water partition coefficient (Wildman–Crippen LogP) is -11.1. The maximum absolute atomic E-state index is 14.4. The van der Waals surface area contributed by atoms with Crippen molar-refractivity contribution in [3.8, 4) is 0 Å². The number of hydrogen-bond donors (Lipinski definition) is 25. The molecule has 0 aliphatic heterocycles. The second-order valence-corrected chi connectivity index (χ2v) is 25.7. The standard InChI is InChI=1S/C63H112N20O23/c1-7-31(5)49(82-51(93)33(67)27-84)61(103)79-41(25-48(91)92)52(94)71-26-47(90)72-39(23-45(69)88)57(99)78-40(24-46(70)89)58(100)75-36(17-18-44(68)87)55(97)77-38(22-30(3)4)56(98)74-35(16-13-21-66)53(95)73-34(14-9-11-19-64)54(96)80-43(29-86)60(102)83-50(32(6)8-2)62(104)81-42(28-85)59(101)76-37(63(105)106)15-10-12-20-65/h30-43,49-50,84-86H,7-29,64-67H2,1-6H3,(H2,68,87)(H2,69,88)(H2,70,89)(H,71,94)(H,72,90)(H,73,95)(H,74,98)(H,75,100)(H,76,101)(H,77,97)(H,78,99)(H,79,103)(H,80,96)(H,81,104)(H,82,93)(H,83,102)(H,91,92)(H,105,106). The number of carbonyl (C=O) groups is 18. The van der Waals surface area contributed by atoms with Gasteiger partial charge in [-0.15, -0.1) is 0 Å². The van der Waals surface area contributed by atoms with Gasteiger partial charge in [-0.05, 0) is 102 Å². The van der Waals surface area contributed by atoms with Gasteiger partial charge in [0.25, 0.3) is 0 Å². The molecule has 106 heavy (non-hydrogen) atoms. The second-order valence-electron chi connectivity index (χ2n) is 25.7. The molecule has 602 valence electrons. The van der Waals surface area contributed by atoms with E-state index in [-0.39, 0.29) is 71.0 Å². The zero-order valence-electron chi connectivity index (χ0n) is 60.6. The van der Waals surface area contributed by atoms with Gasteiger partial charge in [0, 0.05) is 6.42 Å². The number of aliphatic carboxylic acids is 2. The van der Waals surface area contributed by atoms with Crippen molar-refractivity contribution in [2.24, 2.45) is 57.9 Å². The smallest absolute Gasteiger partial charge is 0.326 e. The summed E-state index contributed by atoms with van der Waals surface area (Å²) in [6.45, 7) is 6.04. The Kier molecular flexibility index (Phi) is 46.6. The van der Waals surface area contributed by atoms with Crippen LogP contribution in [-0.2, 0) is 86.3 Å². The number of aliphatic hydroxyl groups is 3. The summed E-state index contributed by atoms with van der Waals surface area (Å²) in [5, 5.41) is 78.8. The Bertz CT molecular complexity index is 2980. The van der Waals surface area contributed by atoms with E-state index in [2.05, 4.69) is 69.1 Å². The number of nitrogens with two attached hydrogens (primary N) is 7. The van der Waals surface area contributed by atoms with Crippen LogP contribution in [0.2, 0.25) is 0 Å². The largest absolute Gasteiger partial charge is 0.481 e. The summed E-state index contributed by atoms with van der Waals surface area (Å²) in [4.78, 5) is 238. The third-order valence-corrected chi connectivity index (χ3v) is 16.4. The molecule has 0 spiro atoms. The van der Waals surface area contributed by atoms with Gasteiger partial charge in [0.05, 0.1) is 45.6 Å². The van der Waals surface area contributed by atoms with Gasteiger partial charge in [-0.2, -0.15) is 0 Å². The number of nitrogens with one attached hydrogen (secondary N) is 13. The molecule has 0 heterocycles. The molecule has 16 amide bonds. The van der Waals surface area contributed by atoms with Gasteiger partial charge in [-0.25, -0.2) is 4.79 Å². The molecular formula is C63H112N20O23. The maximum atomic E-state index is 14.4. The Labute approximate surface area is 612 Å². The molecule has 43 nitrogen and oxygen atoms in total. The molecule has 0 saturated heterocycles. The number of hydrogen-bond acceptors (Lipinski definition) is 25. The van der Waals surface area contributed by atoms with Gasteiger partial charge in [-0.1, -0.05) is 54.4 Å². The van der Waals surface area contributed by atoms with Crippen molar-refractivity contribution in [1.82, 2.24) is 69.1 Å². The molecular weight excluding hydrogens is 1400 g/mol. The Hall–Kier alpha value is -9.82. The van der Waals surface area contributed by atoms with Crippen LogP contribution in [0.25, 0.3) is 0 Å². The van der Waals surface area contributed by atoms with Crippen molar-refractivity contribution in [2.45, 2.75) is 223 Å². The molecule has 0 radical (unpaired) electrons. The first-order valence-corrected chi connectivity index (χ1v) is 34.7. The minimum absolute atomic E-state index is 0.0160. The molecule has 0 aromatic carbocycles. The minimum atomic E-state index is -2.07. The maximum Gasteiger partial charge on any atom is 0.326 e. The van der Waals surface area contributed by atoms with Crippen LogP contribution in [0, 0.1) is 17.8 Å². The number of rotatable bonds is 56. The monoisotopic (exact) mass is 1520 g/mol. The van der Waals surface area contributed by atoms with Crippen LogP contribution >= 0.6 is 0 Å². The summed E-state index contributed by atoms with van der Waals surface area (Å²) in [6, 6.07) is -21.7. The fraction of sp³-hybridized carbons (Fsp3) is 0.714. The number of unbranched alkanes of at least 4 members (excludes halogenated alkanes) is 2. The Balaban J connectivity index is 6.89. The van der Waals surface area contributed by atoms with E-state index in [4.69, 9.17) is 40.1 Å². The zero-order chi connectivity index (χ0) is 81.1. The van der Waals surface area contributed by atoms with E-state index >= 15 is 0 Å². The minimum Gasteiger partial charge on any atom is -0.481 e. The lowest BCUT2D eigenvalue weighted by atomic mass is 9.97.